The number of benzene rings is 2. The van der Waals surface area contributed by atoms with Gasteiger partial charge in [-0.25, -0.2) is 14.6 Å². The standard InChI is InChI=1S/C22H18N2O7S/c1-2-9-24-20(28)18(10-13-5-3-4-6-17(13)31-12-19(26)27)32-22(24)23-16-8-7-14(25)11-15(16)21(29)30/h2-8,10-11,25H,1,9,12H2,(H,26,27)(H,29,30)/b18-10-,23-22?. The fraction of sp³-hybridized carbons (Fsp3) is 0.0909. The minimum atomic E-state index is -1.27. The van der Waals surface area contributed by atoms with Crippen LogP contribution in [0.15, 0.2) is 65.0 Å². The van der Waals surface area contributed by atoms with Crippen molar-refractivity contribution in [2.24, 2.45) is 4.99 Å². The average Bonchev–Trinajstić information content (AvgIpc) is 3.03. The third-order valence-electron chi connectivity index (χ3n) is 4.18. The minimum absolute atomic E-state index is 0.0751. The second-order valence-corrected chi connectivity index (χ2v) is 7.45. The second-order valence-electron chi connectivity index (χ2n) is 6.44. The number of carbonyl (C=O) groups is 3. The predicted octanol–water partition coefficient (Wildman–Crippen LogP) is 3.34. The van der Waals surface area contributed by atoms with Crippen molar-refractivity contribution in [3.63, 3.8) is 0 Å². The molecule has 0 spiro atoms. The van der Waals surface area contributed by atoms with E-state index in [2.05, 4.69) is 11.6 Å². The van der Waals surface area contributed by atoms with E-state index >= 15 is 0 Å². The van der Waals surface area contributed by atoms with Crippen molar-refractivity contribution in [2.45, 2.75) is 0 Å². The van der Waals surface area contributed by atoms with Crippen LogP contribution in [0.2, 0.25) is 0 Å². The van der Waals surface area contributed by atoms with Gasteiger partial charge in [-0.05, 0) is 42.1 Å². The summed E-state index contributed by atoms with van der Waals surface area (Å²) in [5, 5.41) is 28.1. The lowest BCUT2D eigenvalue weighted by Crippen LogP contribution is -2.29. The van der Waals surface area contributed by atoms with Crippen LogP contribution in [-0.2, 0) is 9.59 Å². The first-order valence-electron chi connectivity index (χ1n) is 9.21. The van der Waals surface area contributed by atoms with Crippen molar-refractivity contribution in [1.82, 2.24) is 4.90 Å². The number of aliphatic carboxylic acids is 1. The lowest BCUT2D eigenvalue weighted by molar-refractivity contribution is -0.139. The number of hydrogen-bond acceptors (Lipinski definition) is 7. The number of aromatic hydroxyl groups is 1. The van der Waals surface area contributed by atoms with Gasteiger partial charge in [-0.2, -0.15) is 0 Å². The predicted molar refractivity (Wildman–Crippen MR) is 119 cm³/mol. The Morgan fingerprint density at radius 2 is 1.94 bits per heavy atom. The van der Waals surface area contributed by atoms with Gasteiger partial charge < -0.3 is 20.1 Å². The minimum Gasteiger partial charge on any atom is -0.508 e. The number of ether oxygens (including phenoxy) is 1. The van der Waals surface area contributed by atoms with Crippen molar-refractivity contribution in [1.29, 1.82) is 0 Å². The zero-order chi connectivity index (χ0) is 23.3. The SMILES string of the molecule is C=CCN1C(=O)/C(=C/c2ccccc2OCC(=O)O)SC1=Nc1ccc(O)cc1C(=O)O. The molecule has 1 aliphatic heterocycles. The zero-order valence-electron chi connectivity index (χ0n) is 16.6. The Balaban J connectivity index is 2.00. The number of amides is 1. The Kier molecular flexibility index (Phi) is 6.96. The molecule has 0 bridgehead atoms. The Labute approximate surface area is 187 Å². The number of aromatic carboxylic acids is 1. The van der Waals surface area contributed by atoms with Crippen molar-refractivity contribution >= 4 is 46.5 Å². The van der Waals surface area contributed by atoms with Gasteiger partial charge in [-0.15, -0.1) is 6.58 Å². The molecule has 0 saturated carbocycles. The third kappa shape index (κ3) is 5.16. The number of nitrogens with zero attached hydrogens (tertiary/aromatic N) is 2. The number of thioether (sulfide) groups is 1. The van der Waals surface area contributed by atoms with E-state index in [0.29, 0.717) is 11.3 Å². The van der Waals surface area contributed by atoms with Gasteiger partial charge in [-0.3, -0.25) is 9.69 Å². The summed E-state index contributed by atoms with van der Waals surface area (Å²) in [6.07, 6.45) is 3.06. The van der Waals surface area contributed by atoms with Crippen LogP contribution in [0.4, 0.5) is 5.69 Å². The molecule has 10 heteroatoms. The molecule has 32 heavy (non-hydrogen) atoms. The second kappa shape index (κ2) is 9.84. The molecule has 9 nitrogen and oxygen atoms in total. The Bertz CT molecular complexity index is 1160. The van der Waals surface area contributed by atoms with E-state index in [-0.39, 0.29) is 39.5 Å². The number of carboxylic acids is 2. The summed E-state index contributed by atoms with van der Waals surface area (Å²) in [6.45, 7) is 3.25. The number of hydrogen-bond donors (Lipinski definition) is 3. The van der Waals surface area contributed by atoms with Gasteiger partial charge in [0.1, 0.15) is 11.5 Å². The lowest BCUT2D eigenvalue weighted by Gasteiger charge is -2.13. The highest BCUT2D eigenvalue weighted by molar-refractivity contribution is 8.18. The summed E-state index contributed by atoms with van der Waals surface area (Å²) < 4.78 is 5.28. The Morgan fingerprint density at radius 1 is 1.19 bits per heavy atom. The number of aliphatic imine (C=N–C) groups is 1. The highest BCUT2D eigenvalue weighted by Crippen LogP contribution is 2.36. The van der Waals surface area contributed by atoms with Crippen LogP contribution in [0.3, 0.4) is 0 Å². The normalized spacial score (nSPS) is 15.9. The first kappa shape index (κ1) is 22.6. The van der Waals surface area contributed by atoms with E-state index in [1.165, 1.54) is 23.1 Å². The van der Waals surface area contributed by atoms with E-state index < -0.39 is 18.5 Å². The molecule has 2 aromatic rings. The number of phenols is 1. The molecule has 1 heterocycles. The summed E-state index contributed by atoms with van der Waals surface area (Å²) in [5.41, 5.74) is 0.361. The number of carboxylic acid groups (broad SMARTS) is 2. The van der Waals surface area contributed by atoms with Gasteiger partial charge >= 0.3 is 11.9 Å². The maximum atomic E-state index is 13.0. The molecule has 3 rings (SSSR count). The van der Waals surface area contributed by atoms with Gasteiger partial charge in [0.05, 0.1) is 16.2 Å². The molecule has 1 fully saturated rings. The first-order valence-corrected chi connectivity index (χ1v) is 10.0. The van der Waals surface area contributed by atoms with Gasteiger partial charge in [0, 0.05) is 12.1 Å². The molecule has 1 aliphatic rings. The van der Waals surface area contributed by atoms with Crippen LogP contribution >= 0.6 is 11.8 Å². The van der Waals surface area contributed by atoms with Crippen molar-refractivity contribution in [3.8, 4) is 11.5 Å². The number of rotatable bonds is 8. The lowest BCUT2D eigenvalue weighted by atomic mass is 10.1. The average molecular weight is 454 g/mol. The van der Waals surface area contributed by atoms with Crippen LogP contribution in [0, 0.1) is 0 Å². The molecule has 164 valence electrons. The maximum Gasteiger partial charge on any atom is 0.341 e. The molecule has 1 amide bonds. The van der Waals surface area contributed by atoms with Crippen LogP contribution in [0.1, 0.15) is 15.9 Å². The van der Waals surface area contributed by atoms with Crippen LogP contribution < -0.4 is 4.74 Å². The fourth-order valence-electron chi connectivity index (χ4n) is 2.79. The number of para-hydroxylation sites is 1. The van der Waals surface area contributed by atoms with Crippen molar-refractivity contribution in [2.75, 3.05) is 13.2 Å². The van der Waals surface area contributed by atoms with Crippen LogP contribution in [0.5, 0.6) is 11.5 Å². The van der Waals surface area contributed by atoms with E-state index in [9.17, 15) is 24.6 Å². The van der Waals surface area contributed by atoms with Gasteiger partial charge in [0.25, 0.3) is 5.91 Å². The smallest absolute Gasteiger partial charge is 0.341 e. The zero-order valence-corrected chi connectivity index (χ0v) is 17.4. The number of carbonyl (C=O) groups excluding carboxylic acids is 1. The molecule has 0 unspecified atom stereocenters. The summed E-state index contributed by atoms with van der Waals surface area (Å²) in [4.78, 5) is 41.3. The van der Waals surface area contributed by atoms with E-state index in [1.54, 1.807) is 30.3 Å². The Morgan fingerprint density at radius 3 is 2.62 bits per heavy atom. The maximum absolute atomic E-state index is 13.0. The summed E-state index contributed by atoms with van der Waals surface area (Å²) >= 11 is 1.03. The van der Waals surface area contributed by atoms with Gasteiger partial charge in [0.2, 0.25) is 0 Å². The highest BCUT2D eigenvalue weighted by atomic mass is 32.2. The Hall–Kier alpha value is -4.05. The molecule has 0 aliphatic carbocycles. The molecule has 1 saturated heterocycles. The fourth-order valence-corrected chi connectivity index (χ4v) is 3.78. The van der Waals surface area contributed by atoms with Crippen molar-refractivity contribution in [3.05, 3.63) is 71.2 Å². The molecule has 0 radical (unpaired) electrons. The van der Waals surface area contributed by atoms with Crippen LogP contribution in [-0.4, -0.2) is 56.4 Å². The number of phenolic OH excluding ortho intramolecular Hbond substituents is 1. The quantitative estimate of drug-likeness (QED) is 0.408. The van der Waals surface area contributed by atoms with E-state index in [1.807, 2.05) is 0 Å². The van der Waals surface area contributed by atoms with Crippen LogP contribution in [0.25, 0.3) is 6.08 Å². The van der Waals surface area contributed by atoms with Gasteiger partial charge in [0.15, 0.2) is 11.8 Å². The summed E-state index contributed by atoms with van der Waals surface area (Å²) in [5.74, 6) is -2.71. The van der Waals surface area contributed by atoms with E-state index in [4.69, 9.17) is 9.84 Å². The number of amidine groups is 1. The van der Waals surface area contributed by atoms with Gasteiger partial charge in [-0.1, -0.05) is 24.3 Å². The molecule has 0 atom stereocenters. The third-order valence-corrected chi connectivity index (χ3v) is 5.19. The summed E-state index contributed by atoms with van der Waals surface area (Å²) in [6, 6.07) is 10.4. The summed E-state index contributed by atoms with van der Waals surface area (Å²) in [7, 11) is 0. The topological polar surface area (TPSA) is 137 Å². The highest BCUT2D eigenvalue weighted by Gasteiger charge is 2.33. The first-order chi connectivity index (χ1) is 15.3. The van der Waals surface area contributed by atoms with Crippen molar-refractivity contribution < 1.29 is 34.4 Å². The molecular weight excluding hydrogens is 436 g/mol. The monoisotopic (exact) mass is 454 g/mol. The van der Waals surface area contributed by atoms with E-state index in [0.717, 1.165) is 17.8 Å². The molecular formula is C22H18N2O7S. The largest absolute Gasteiger partial charge is 0.508 e. The molecule has 0 aromatic heterocycles. The molecule has 3 N–H and O–H groups in total. The molecule has 2 aromatic carbocycles.